The minimum atomic E-state index is -1.10. The highest BCUT2D eigenvalue weighted by Gasteiger charge is 2.19. The molecule has 0 aliphatic rings. The van der Waals surface area contributed by atoms with Crippen molar-refractivity contribution in [2.24, 2.45) is 0 Å². The third-order valence-electron chi connectivity index (χ3n) is 5.93. The first-order chi connectivity index (χ1) is 18.2. The minimum absolute atomic E-state index is 0.362. The van der Waals surface area contributed by atoms with Crippen molar-refractivity contribution in [2.45, 2.75) is 18.9 Å². The van der Waals surface area contributed by atoms with Crippen LogP contribution in [0.5, 0.6) is 11.6 Å². The first kappa shape index (κ1) is 25.3. The topological polar surface area (TPSA) is 94.0 Å². The number of hydrogen-bond donors (Lipinski definition) is 2. The molecule has 0 radical (unpaired) electrons. The van der Waals surface area contributed by atoms with E-state index in [1.807, 2.05) is 80.6 Å². The lowest BCUT2D eigenvalue weighted by molar-refractivity contribution is 0.262. The van der Waals surface area contributed by atoms with E-state index in [0.29, 0.717) is 29.0 Å². The monoisotopic (exact) mass is 526 g/mol. The molecule has 5 rings (SSSR count). The number of ether oxygens (including phenoxy) is 1. The number of hydrogen-bond acceptors (Lipinski definition) is 5. The predicted octanol–water partition coefficient (Wildman–Crippen LogP) is 6.92. The second-order valence-corrected chi connectivity index (χ2v) is 13.8. The molecule has 2 amide bonds. The van der Waals surface area contributed by atoms with Crippen molar-refractivity contribution in [3.63, 3.8) is 0 Å². The quantitative estimate of drug-likeness (QED) is 0.250. The van der Waals surface area contributed by atoms with Gasteiger partial charge in [0.15, 0.2) is 0 Å². The molecule has 2 N–H and O–H groups in total. The van der Waals surface area contributed by atoms with E-state index in [4.69, 9.17) is 9.84 Å². The Kier molecular flexibility index (Phi) is 6.77. The number of benzene rings is 3. The Morgan fingerprint density at radius 2 is 1.63 bits per heavy atom. The van der Waals surface area contributed by atoms with Crippen LogP contribution in [0, 0.1) is 13.8 Å². The molecule has 3 aromatic carbocycles. The molecule has 0 aliphatic heterocycles. The van der Waals surface area contributed by atoms with E-state index in [1.54, 1.807) is 16.9 Å². The van der Waals surface area contributed by atoms with E-state index in [2.05, 4.69) is 39.4 Å². The smallest absolute Gasteiger partial charge is 0.324 e. The van der Waals surface area contributed by atoms with Gasteiger partial charge in [-0.3, -0.25) is 5.32 Å². The van der Waals surface area contributed by atoms with Crippen molar-refractivity contribution in [3.8, 4) is 17.3 Å². The summed E-state index contributed by atoms with van der Waals surface area (Å²) in [6.45, 7) is 3.85. The molecule has 0 bridgehead atoms. The Hall–Kier alpha value is -4.37. The molecule has 0 saturated heterocycles. The van der Waals surface area contributed by atoms with Gasteiger partial charge in [0.05, 0.1) is 11.4 Å². The van der Waals surface area contributed by atoms with Crippen molar-refractivity contribution in [2.75, 3.05) is 29.4 Å². The third kappa shape index (κ3) is 5.47. The van der Waals surface area contributed by atoms with Crippen LogP contribution in [0.2, 0.25) is 0 Å². The molecule has 0 unspecified atom stereocenters. The fourth-order valence-electron chi connectivity index (χ4n) is 3.97. The lowest BCUT2D eigenvalue weighted by Crippen LogP contribution is -2.21. The van der Waals surface area contributed by atoms with Crippen LogP contribution in [0.4, 0.5) is 16.3 Å². The Labute approximate surface area is 223 Å². The van der Waals surface area contributed by atoms with Gasteiger partial charge in [0.2, 0.25) is 5.88 Å². The lowest BCUT2D eigenvalue weighted by Gasteiger charge is -2.21. The largest absolute Gasteiger partial charge is 0.438 e. The van der Waals surface area contributed by atoms with Crippen molar-refractivity contribution < 1.29 is 9.53 Å². The highest BCUT2D eigenvalue weighted by Crippen LogP contribution is 2.45. The number of rotatable bonds is 6. The van der Waals surface area contributed by atoms with Crippen LogP contribution in [-0.2, 0) is 0 Å². The van der Waals surface area contributed by atoms with Crippen LogP contribution in [0.3, 0.4) is 0 Å². The molecule has 0 atom stereocenters. The second-order valence-electron chi connectivity index (χ2n) is 9.73. The van der Waals surface area contributed by atoms with Crippen molar-refractivity contribution in [1.29, 1.82) is 0 Å². The molecule has 38 heavy (non-hydrogen) atoms. The van der Waals surface area contributed by atoms with Crippen molar-refractivity contribution >= 4 is 38.3 Å². The van der Waals surface area contributed by atoms with Gasteiger partial charge in [-0.1, -0.05) is 42.0 Å². The Bertz CT molecular complexity index is 1620. The number of amides is 2. The van der Waals surface area contributed by atoms with Gasteiger partial charge in [-0.15, -0.1) is 0 Å². The van der Waals surface area contributed by atoms with Gasteiger partial charge in [0.1, 0.15) is 22.4 Å². The zero-order valence-corrected chi connectivity index (χ0v) is 22.8. The number of anilines is 2. The summed E-state index contributed by atoms with van der Waals surface area (Å²) in [7, 11) is -1.10. The van der Waals surface area contributed by atoms with E-state index in [9.17, 15) is 4.79 Å². The Morgan fingerprint density at radius 1 is 0.895 bits per heavy atom. The van der Waals surface area contributed by atoms with E-state index < -0.39 is 10.0 Å². The first-order valence-electron chi connectivity index (χ1n) is 12.1. The predicted molar refractivity (Wildman–Crippen MR) is 155 cm³/mol. The van der Waals surface area contributed by atoms with Gasteiger partial charge in [0, 0.05) is 29.1 Å². The number of nitrogens with zero attached hydrogens (tertiary/aromatic N) is 4. The van der Waals surface area contributed by atoms with Gasteiger partial charge >= 0.3 is 6.03 Å². The summed E-state index contributed by atoms with van der Waals surface area (Å²) >= 11 is 0. The molecule has 0 saturated carbocycles. The number of fused-ring (bicyclic) bond motifs is 1. The van der Waals surface area contributed by atoms with Crippen LogP contribution < -0.4 is 15.4 Å². The summed E-state index contributed by atoms with van der Waals surface area (Å²) in [5, 5.41) is 13.5. The number of aromatic nitrogens is 4. The third-order valence-corrected chi connectivity index (χ3v) is 7.39. The average molecular weight is 527 g/mol. The van der Waals surface area contributed by atoms with Crippen molar-refractivity contribution in [1.82, 2.24) is 19.7 Å². The van der Waals surface area contributed by atoms with E-state index in [0.717, 1.165) is 27.0 Å². The fourth-order valence-corrected chi connectivity index (χ4v) is 4.77. The molecule has 194 valence electrons. The molecule has 0 spiro atoms. The zero-order valence-electron chi connectivity index (χ0n) is 22.0. The van der Waals surface area contributed by atoms with Crippen LogP contribution >= 0.6 is 10.0 Å². The Balaban J connectivity index is 1.43. The summed E-state index contributed by atoms with van der Waals surface area (Å²) in [5.74, 6) is 2.33. The van der Waals surface area contributed by atoms with Gasteiger partial charge in [-0.25, -0.2) is 24.5 Å². The van der Waals surface area contributed by atoms with E-state index in [1.165, 1.54) is 0 Å². The van der Waals surface area contributed by atoms with Gasteiger partial charge in [-0.05, 0) is 56.9 Å². The van der Waals surface area contributed by atoms with Crippen molar-refractivity contribution in [3.05, 3.63) is 90.4 Å². The van der Waals surface area contributed by atoms with Gasteiger partial charge < -0.3 is 10.1 Å². The highest BCUT2D eigenvalue weighted by molar-refractivity contribution is 8.32. The molecule has 0 aliphatic carbocycles. The summed E-state index contributed by atoms with van der Waals surface area (Å²) in [5.41, 5.74) is 2.70. The SMILES string of the molecule is Cc1ccc(-n2nc(S(C)(C)C)cc2NC(=O)Nc2ccc(Oc3ccnc(C)n3)c3ccccc23)cc1. The second kappa shape index (κ2) is 10.2. The first-order valence-corrected chi connectivity index (χ1v) is 15.0. The summed E-state index contributed by atoms with van der Waals surface area (Å²) in [6, 6.07) is 22.8. The van der Waals surface area contributed by atoms with E-state index in [-0.39, 0.29) is 6.03 Å². The van der Waals surface area contributed by atoms with Crippen LogP contribution in [-0.4, -0.2) is 44.5 Å². The standard InChI is InChI=1S/C29H30N6O2S/c1-19-10-12-21(13-11-19)35-26(18-28(34-35)38(3,4)5)33-29(36)32-24-14-15-25(23-9-7-6-8-22(23)24)37-27-16-17-30-20(2)31-27/h6-18H,1-5H3,(H2,32,33,36). The molecule has 9 heteroatoms. The minimum Gasteiger partial charge on any atom is -0.438 e. The highest BCUT2D eigenvalue weighted by atomic mass is 32.3. The maximum absolute atomic E-state index is 13.2. The van der Waals surface area contributed by atoms with Gasteiger partial charge in [-0.2, -0.15) is 10.1 Å². The van der Waals surface area contributed by atoms with E-state index >= 15 is 0 Å². The zero-order chi connectivity index (χ0) is 26.9. The maximum atomic E-state index is 13.2. The van der Waals surface area contributed by atoms with Crippen LogP contribution in [0.1, 0.15) is 11.4 Å². The summed E-state index contributed by atoms with van der Waals surface area (Å²) in [4.78, 5) is 21.7. The van der Waals surface area contributed by atoms with Crippen LogP contribution in [0.15, 0.2) is 84.0 Å². The number of aryl methyl sites for hydroxylation is 2. The molecule has 8 nitrogen and oxygen atoms in total. The number of nitrogens with one attached hydrogen (secondary N) is 2. The molecule has 2 heterocycles. The number of carbonyl (C=O) groups excluding carboxylic acids is 1. The number of urea groups is 1. The van der Waals surface area contributed by atoms with Gasteiger partial charge in [0.25, 0.3) is 0 Å². The number of carbonyl (C=O) groups is 1. The molecule has 0 fully saturated rings. The molecule has 5 aromatic rings. The Morgan fingerprint density at radius 3 is 2.34 bits per heavy atom. The molecular weight excluding hydrogens is 496 g/mol. The average Bonchev–Trinajstić information content (AvgIpc) is 3.30. The molecular formula is C29H30N6O2S. The normalized spacial score (nSPS) is 11.8. The lowest BCUT2D eigenvalue weighted by atomic mass is 10.1. The van der Waals surface area contributed by atoms with Crippen LogP contribution in [0.25, 0.3) is 16.5 Å². The summed E-state index contributed by atoms with van der Waals surface area (Å²) in [6.07, 6.45) is 8.19. The molecule has 2 aromatic heterocycles. The maximum Gasteiger partial charge on any atom is 0.324 e. The summed E-state index contributed by atoms with van der Waals surface area (Å²) < 4.78 is 7.83. The fraction of sp³-hybridized carbons (Fsp3) is 0.172.